The minimum atomic E-state index is -1.23. The van der Waals surface area contributed by atoms with E-state index >= 15 is 4.79 Å². The summed E-state index contributed by atoms with van der Waals surface area (Å²) in [5, 5.41) is 37.5. The molecule has 1 heterocycles. The van der Waals surface area contributed by atoms with E-state index in [1.165, 1.54) is 0 Å². The molecular formula is C52H57NO4. The molecule has 57 heavy (non-hydrogen) atoms. The van der Waals surface area contributed by atoms with E-state index in [0.717, 1.165) is 79.3 Å². The van der Waals surface area contributed by atoms with Crippen molar-refractivity contribution in [3.8, 4) is 11.1 Å². The highest BCUT2D eigenvalue weighted by atomic mass is 16.3. The van der Waals surface area contributed by atoms with Gasteiger partial charge in [0.25, 0.3) is 0 Å². The summed E-state index contributed by atoms with van der Waals surface area (Å²) in [5.74, 6) is 0.380. The fourth-order valence-electron chi connectivity index (χ4n) is 14.0. The zero-order chi connectivity index (χ0) is 39.3. The third-order valence-corrected chi connectivity index (χ3v) is 16.9. The molecule has 3 N–H and O–H groups in total. The Hall–Kier alpha value is -4.13. The number of nitrogens with zero attached hydrogens (tertiary/aromatic N) is 1. The number of hydrogen-bond donors (Lipinski definition) is 3. The molecule has 4 fully saturated rings. The van der Waals surface area contributed by atoms with E-state index in [9.17, 15) is 15.3 Å². The number of fused-ring (bicyclic) bond motifs is 1. The first-order valence-electron chi connectivity index (χ1n) is 21.6. The number of rotatable bonds is 8. The van der Waals surface area contributed by atoms with Gasteiger partial charge < -0.3 is 15.3 Å². The summed E-state index contributed by atoms with van der Waals surface area (Å²) in [6, 6.07) is 38.4. The number of allylic oxidation sites excluding steroid dienone is 4. The average molecular weight is 760 g/mol. The first-order valence-corrected chi connectivity index (χ1v) is 21.6. The summed E-state index contributed by atoms with van der Waals surface area (Å²) in [5.41, 5.74) is 1.85. The van der Waals surface area contributed by atoms with E-state index in [0.29, 0.717) is 24.9 Å². The standard InChI is InChI=1S/C52H57NO4/c1-47-27-24-41(54)33-49(47)30-31-51(42(34-49)46(55)38-22-20-37(21-23-38)36-13-6-3-7-14-36)43(47)25-28-48(2)44(51)26-29-50(48,56)35-53-32-12-19-45(53)52(57,39-15-8-4-9-16-39)40-17-10-5-11-18-40/h3-11,13-18,20-23,30-31,34,41,43-45,54,56-57H,12,19,24-29,32-33,35H2,1-2H3. The van der Waals surface area contributed by atoms with Crippen LogP contribution in [0, 0.1) is 33.5 Å². The summed E-state index contributed by atoms with van der Waals surface area (Å²) in [4.78, 5) is 17.6. The van der Waals surface area contributed by atoms with Crippen LogP contribution in [-0.2, 0) is 5.60 Å². The lowest BCUT2D eigenvalue weighted by molar-refractivity contribution is -0.178. The van der Waals surface area contributed by atoms with Crippen molar-refractivity contribution in [2.45, 2.75) is 95.0 Å². The molecule has 1 saturated heterocycles. The largest absolute Gasteiger partial charge is 0.393 e. The van der Waals surface area contributed by atoms with Gasteiger partial charge in [0.2, 0.25) is 0 Å². The van der Waals surface area contributed by atoms with Crippen molar-refractivity contribution >= 4 is 5.78 Å². The Morgan fingerprint density at radius 2 is 1.30 bits per heavy atom. The van der Waals surface area contributed by atoms with E-state index < -0.39 is 28.1 Å². The van der Waals surface area contributed by atoms with Gasteiger partial charge in [-0.05, 0) is 104 Å². The first-order chi connectivity index (χ1) is 27.5. The van der Waals surface area contributed by atoms with Gasteiger partial charge in [0, 0.05) is 40.0 Å². The van der Waals surface area contributed by atoms with E-state index in [4.69, 9.17) is 0 Å². The molecule has 9 unspecified atom stereocenters. The minimum Gasteiger partial charge on any atom is -0.393 e. The summed E-state index contributed by atoms with van der Waals surface area (Å²) >= 11 is 0. The molecule has 7 aliphatic rings. The normalized spacial score (nSPS) is 37.0. The van der Waals surface area contributed by atoms with Crippen LogP contribution >= 0.6 is 0 Å². The molecule has 11 rings (SSSR count). The Morgan fingerprint density at radius 1 is 0.719 bits per heavy atom. The van der Waals surface area contributed by atoms with Crippen LogP contribution in [0.4, 0.5) is 0 Å². The number of carbonyl (C=O) groups excluding carboxylic acids is 1. The first kappa shape index (κ1) is 37.2. The Morgan fingerprint density at radius 3 is 1.96 bits per heavy atom. The second-order valence-electron chi connectivity index (χ2n) is 19.2. The Kier molecular flexibility index (Phi) is 8.60. The molecule has 0 radical (unpaired) electrons. The van der Waals surface area contributed by atoms with Gasteiger partial charge in [0.05, 0.1) is 11.7 Å². The van der Waals surface area contributed by atoms with Crippen LogP contribution in [0.3, 0.4) is 0 Å². The number of ketones is 1. The highest BCUT2D eigenvalue weighted by Gasteiger charge is 2.74. The number of benzene rings is 4. The number of carbonyl (C=O) groups is 1. The van der Waals surface area contributed by atoms with Gasteiger partial charge in [-0.15, -0.1) is 0 Å². The van der Waals surface area contributed by atoms with Crippen LogP contribution in [0.25, 0.3) is 11.1 Å². The molecule has 5 nitrogen and oxygen atoms in total. The second kappa shape index (κ2) is 13.2. The van der Waals surface area contributed by atoms with Crippen LogP contribution in [-0.4, -0.2) is 56.8 Å². The van der Waals surface area contributed by atoms with Crippen molar-refractivity contribution in [2.75, 3.05) is 13.1 Å². The molecular weight excluding hydrogens is 703 g/mol. The molecule has 4 aromatic carbocycles. The van der Waals surface area contributed by atoms with Crippen molar-refractivity contribution in [2.24, 2.45) is 33.5 Å². The Balaban J connectivity index is 1.03. The van der Waals surface area contributed by atoms with Crippen molar-refractivity contribution in [3.05, 3.63) is 156 Å². The third-order valence-electron chi connectivity index (χ3n) is 16.9. The van der Waals surface area contributed by atoms with Crippen molar-refractivity contribution < 1.29 is 20.1 Å². The second-order valence-corrected chi connectivity index (χ2v) is 19.2. The molecule has 1 aliphatic heterocycles. The highest BCUT2D eigenvalue weighted by Crippen LogP contribution is 2.78. The molecule has 0 aromatic heterocycles. The topological polar surface area (TPSA) is 81.0 Å². The summed E-state index contributed by atoms with van der Waals surface area (Å²) in [6.45, 7) is 6.07. The number of β-amino-alcohol motifs (C(OH)–C–C–N with tert-alkyl or cyclic N) is 1. The number of likely N-dealkylation sites (tertiary alicyclic amines) is 1. The van der Waals surface area contributed by atoms with E-state index in [-0.39, 0.29) is 34.5 Å². The maximum atomic E-state index is 15.2. The molecule has 294 valence electrons. The van der Waals surface area contributed by atoms with Crippen molar-refractivity contribution in [3.63, 3.8) is 0 Å². The van der Waals surface area contributed by atoms with E-state index in [1.807, 2.05) is 91.0 Å². The number of aliphatic hydroxyl groups excluding tert-OH is 1. The minimum absolute atomic E-state index is 0.0638. The predicted octanol–water partition coefficient (Wildman–Crippen LogP) is 9.53. The summed E-state index contributed by atoms with van der Waals surface area (Å²) < 4.78 is 0. The van der Waals surface area contributed by atoms with E-state index in [1.54, 1.807) is 0 Å². The average Bonchev–Trinajstić information content (AvgIpc) is 3.82. The van der Waals surface area contributed by atoms with Crippen LogP contribution in [0.15, 0.2) is 139 Å². The van der Waals surface area contributed by atoms with Gasteiger partial charge >= 0.3 is 0 Å². The van der Waals surface area contributed by atoms with Crippen LogP contribution < -0.4 is 0 Å². The van der Waals surface area contributed by atoms with Gasteiger partial charge in [-0.3, -0.25) is 9.69 Å². The van der Waals surface area contributed by atoms with Crippen molar-refractivity contribution in [1.82, 2.24) is 4.90 Å². The van der Waals surface area contributed by atoms with Gasteiger partial charge in [0.1, 0.15) is 5.60 Å². The monoisotopic (exact) mass is 759 g/mol. The Bertz CT molecular complexity index is 2180. The lowest BCUT2D eigenvalue weighted by Gasteiger charge is -2.71. The molecule has 2 bridgehead atoms. The zero-order valence-electron chi connectivity index (χ0n) is 33.5. The molecule has 6 aliphatic carbocycles. The fourth-order valence-corrected chi connectivity index (χ4v) is 14.0. The lowest BCUT2D eigenvalue weighted by atomic mass is 9.32. The van der Waals surface area contributed by atoms with E-state index in [2.05, 4.69) is 61.2 Å². The quantitative estimate of drug-likeness (QED) is 0.123. The maximum absolute atomic E-state index is 15.2. The molecule has 4 aromatic rings. The third kappa shape index (κ3) is 5.18. The van der Waals surface area contributed by atoms with Crippen LogP contribution in [0.2, 0.25) is 0 Å². The molecule has 2 spiro atoms. The molecule has 9 atom stereocenters. The van der Waals surface area contributed by atoms with Gasteiger partial charge in [-0.25, -0.2) is 0 Å². The SMILES string of the molecule is CC12CCC(O)CC13C=CC1(C(C(=O)c4ccc(-c5ccccc5)cc4)=C3)C2CCC2(C)C1CCC2(O)CN1CCCC1C(O)(c1ccccc1)c1ccccc1. The molecule has 3 saturated carbocycles. The highest BCUT2D eigenvalue weighted by molar-refractivity contribution is 6.10. The summed E-state index contributed by atoms with van der Waals surface area (Å²) in [6.07, 6.45) is 14.2. The molecule has 5 heteroatoms. The predicted molar refractivity (Wildman–Crippen MR) is 225 cm³/mol. The van der Waals surface area contributed by atoms with Gasteiger partial charge in [-0.1, -0.05) is 147 Å². The molecule has 0 amide bonds. The van der Waals surface area contributed by atoms with Gasteiger partial charge in [0.15, 0.2) is 5.78 Å². The maximum Gasteiger partial charge on any atom is 0.189 e. The van der Waals surface area contributed by atoms with Gasteiger partial charge in [-0.2, -0.15) is 0 Å². The van der Waals surface area contributed by atoms with Crippen molar-refractivity contribution in [1.29, 1.82) is 0 Å². The number of Topliss-reactive ketones (excluding diaryl/α,β-unsaturated/α-hetero) is 1. The van der Waals surface area contributed by atoms with Crippen LogP contribution in [0.1, 0.15) is 93.1 Å². The fraction of sp³-hybridized carbons (Fsp3) is 0.442. The zero-order valence-corrected chi connectivity index (χ0v) is 33.5. The Labute approximate surface area is 338 Å². The number of aliphatic hydroxyl groups is 3. The van der Waals surface area contributed by atoms with Crippen LogP contribution in [0.5, 0.6) is 0 Å². The lowest BCUT2D eigenvalue weighted by Crippen LogP contribution is -2.67. The smallest absolute Gasteiger partial charge is 0.189 e. The summed E-state index contributed by atoms with van der Waals surface area (Å²) in [7, 11) is 0. The number of hydrogen-bond acceptors (Lipinski definition) is 5.